The van der Waals surface area contributed by atoms with Crippen molar-refractivity contribution in [2.24, 2.45) is 5.16 Å². The Balaban J connectivity index is 1.64. The summed E-state index contributed by atoms with van der Waals surface area (Å²) in [5.74, 6) is 0.243. The highest BCUT2D eigenvalue weighted by Gasteiger charge is 2.47. The van der Waals surface area contributed by atoms with E-state index in [4.69, 9.17) is 28.1 Å². The molecule has 0 bridgehead atoms. The molecular formula is C23H17BrCl2N4O2. The summed E-state index contributed by atoms with van der Waals surface area (Å²) in [6.45, 7) is 5.73. The third kappa shape index (κ3) is 3.03. The zero-order valence-electron chi connectivity index (χ0n) is 17.4. The number of nitrogens with zero attached hydrogens (tertiary/aromatic N) is 4. The number of rotatable bonds is 2. The Kier molecular flexibility index (Phi) is 5.17. The first-order valence-electron chi connectivity index (χ1n) is 9.80. The van der Waals surface area contributed by atoms with Crippen LogP contribution in [0, 0.1) is 20.8 Å². The molecule has 0 unspecified atom stereocenters. The molecule has 0 aromatic heterocycles. The van der Waals surface area contributed by atoms with Gasteiger partial charge in [-0.3, -0.25) is 9.73 Å². The lowest BCUT2D eigenvalue weighted by molar-refractivity contribution is -0.135. The Labute approximate surface area is 203 Å². The number of anilines is 2. The minimum absolute atomic E-state index is 0.258. The van der Waals surface area contributed by atoms with Crippen LogP contribution in [0.15, 0.2) is 58.2 Å². The summed E-state index contributed by atoms with van der Waals surface area (Å²) in [5, 5.41) is 10.0. The second-order valence-corrected chi connectivity index (χ2v) is 9.23. The molecule has 6 nitrogen and oxygen atoms in total. The number of hydrogen-bond donors (Lipinski definition) is 0. The van der Waals surface area contributed by atoms with E-state index in [0.29, 0.717) is 27.1 Å². The molecule has 0 saturated carbocycles. The maximum atomic E-state index is 13.5. The van der Waals surface area contributed by atoms with E-state index >= 15 is 0 Å². The van der Waals surface area contributed by atoms with E-state index in [1.807, 2.05) is 57.2 Å². The molecule has 2 aliphatic heterocycles. The standard InChI is InChI=1S/C23H17BrCl2N4O2/c1-12-19(13(2)21(26)14(3)20(12)25)22-27-32-30-28(22)17-9-4-5-10-18(17)29(30)23(31)15-7-6-8-16(24)11-15/h4-11H,1-3H3. The maximum absolute atomic E-state index is 13.5. The zero-order chi connectivity index (χ0) is 22.7. The molecule has 2 heterocycles. The molecule has 3 aromatic carbocycles. The fourth-order valence-corrected chi connectivity index (χ4v) is 4.88. The van der Waals surface area contributed by atoms with Crippen molar-refractivity contribution in [3.05, 3.63) is 90.9 Å². The highest BCUT2D eigenvalue weighted by molar-refractivity contribution is 9.10. The normalized spacial score (nSPS) is 14.9. The van der Waals surface area contributed by atoms with Gasteiger partial charge in [0.1, 0.15) is 0 Å². The molecule has 5 rings (SSSR count). The molecule has 0 aliphatic carbocycles. The zero-order valence-corrected chi connectivity index (χ0v) is 20.5. The summed E-state index contributed by atoms with van der Waals surface area (Å²) < 4.78 is 0.808. The molecule has 3 aromatic rings. The average molecular weight is 532 g/mol. The van der Waals surface area contributed by atoms with E-state index in [9.17, 15) is 4.79 Å². The van der Waals surface area contributed by atoms with E-state index < -0.39 is 0 Å². The van der Waals surface area contributed by atoms with E-state index in [0.717, 1.165) is 32.4 Å². The first kappa shape index (κ1) is 21.3. The quantitative estimate of drug-likeness (QED) is 0.374. The van der Waals surface area contributed by atoms with Crippen molar-refractivity contribution in [1.29, 1.82) is 0 Å². The van der Waals surface area contributed by atoms with Gasteiger partial charge < -0.3 is 0 Å². The molecule has 0 radical (unpaired) electrons. The molecule has 0 fully saturated rings. The second kappa shape index (κ2) is 7.78. The number of benzene rings is 3. The van der Waals surface area contributed by atoms with Crippen molar-refractivity contribution in [3.63, 3.8) is 0 Å². The van der Waals surface area contributed by atoms with Gasteiger partial charge in [-0.05, 0) is 72.9 Å². The SMILES string of the molecule is Cc1c(Cl)c(C)c(C2=NON3N(C(=O)c4cccc(Br)c4)c4ccccc4N23)c(C)c1Cl. The molecule has 0 saturated heterocycles. The fraction of sp³-hybridized carbons (Fsp3) is 0.130. The van der Waals surface area contributed by atoms with Crippen LogP contribution >= 0.6 is 39.1 Å². The predicted octanol–water partition coefficient (Wildman–Crippen LogP) is 6.59. The topological polar surface area (TPSA) is 48.4 Å². The van der Waals surface area contributed by atoms with Gasteiger partial charge in [-0.15, -0.1) is 0 Å². The van der Waals surface area contributed by atoms with Gasteiger partial charge in [-0.2, -0.15) is 10.0 Å². The van der Waals surface area contributed by atoms with Gasteiger partial charge >= 0.3 is 0 Å². The van der Waals surface area contributed by atoms with Crippen molar-refractivity contribution in [1.82, 2.24) is 5.28 Å². The number of amidine groups is 1. The number of hydrazine groups is 2. The number of carbonyl (C=O) groups excluding carboxylic acids is 1. The van der Waals surface area contributed by atoms with E-state index in [1.54, 1.807) is 17.1 Å². The van der Waals surface area contributed by atoms with Crippen LogP contribution in [0.3, 0.4) is 0 Å². The van der Waals surface area contributed by atoms with Crippen LogP contribution in [0.25, 0.3) is 0 Å². The summed E-state index contributed by atoms with van der Waals surface area (Å²) in [6, 6.07) is 14.7. The Morgan fingerprint density at radius 2 is 1.59 bits per heavy atom. The van der Waals surface area contributed by atoms with Gasteiger partial charge in [0.25, 0.3) is 5.91 Å². The highest BCUT2D eigenvalue weighted by Crippen LogP contribution is 2.45. The molecule has 0 atom stereocenters. The number of para-hydroxylation sites is 2. The largest absolute Gasteiger partial charge is 0.277 e. The maximum Gasteiger partial charge on any atom is 0.277 e. The number of amides is 1. The predicted molar refractivity (Wildman–Crippen MR) is 130 cm³/mol. The summed E-state index contributed by atoms with van der Waals surface area (Å²) in [7, 11) is 0. The number of carbonyl (C=O) groups is 1. The molecule has 2 aliphatic rings. The van der Waals surface area contributed by atoms with Gasteiger partial charge in [0.2, 0.25) is 5.84 Å². The van der Waals surface area contributed by atoms with E-state index in [2.05, 4.69) is 21.1 Å². The van der Waals surface area contributed by atoms with Crippen molar-refractivity contribution in [2.75, 3.05) is 10.0 Å². The van der Waals surface area contributed by atoms with Gasteiger partial charge in [-0.1, -0.05) is 57.3 Å². The number of halogens is 3. The lowest BCUT2D eigenvalue weighted by Crippen LogP contribution is -2.49. The average Bonchev–Trinajstić information content (AvgIpc) is 3.34. The highest BCUT2D eigenvalue weighted by atomic mass is 79.9. The van der Waals surface area contributed by atoms with Crippen LogP contribution in [0.4, 0.5) is 11.4 Å². The van der Waals surface area contributed by atoms with Crippen LogP contribution in [-0.4, -0.2) is 17.0 Å². The van der Waals surface area contributed by atoms with Crippen molar-refractivity contribution in [2.45, 2.75) is 20.8 Å². The molecule has 32 heavy (non-hydrogen) atoms. The van der Waals surface area contributed by atoms with Crippen molar-refractivity contribution < 1.29 is 9.73 Å². The third-order valence-corrected chi connectivity index (χ3v) is 7.26. The smallest absolute Gasteiger partial charge is 0.267 e. The summed E-state index contributed by atoms with van der Waals surface area (Å²) in [4.78, 5) is 19.2. The van der Waals surface area contributed by atoms with Crippen LogP contribution in [-0.2, 0) is 4.94 Å². The summed E-state index contributed by atoms with van der Waals surface area (Å²) in [5.41, 5.74) is 5.18. The number of fused-ring (bicyclic) bond motifs is 3. The lowest BCUT2D eigenvalue weighted by Gasteiger charge is -2.25. The monoisotopic (exact) mass is 530 g/mol. The van der Waals surface area contributed by atoms with Crippen LogP contribution in [0.1, 0.15) is 32.6 Å². The molecule has 1 amide bonds. The van der Waals surface area contributed by atoms with Gasteiger partial charge in [0.15, 0.2) is 0 Å². The third-order valence-electron chi connectivity index (χ3n) is 5.64. The van der Waals surface area contributed by atoms with Crippen LogP contribution in [0.5, 0.6) is 0 Å². The summed E-state index contributed by atoms with van der Waals surface area (Å²) in [6.07, 6.45) is 0. The molecule has 9 heteroatoms. The second-order valence-electron chi connectivity index (χ2n) is 7.56. The van der Waals surface area contributed by atoms with Crippen molar-refractivity contribution >= 4 is 62.2 Å². The van der Waals surface area contributed by atoms with E-state index in [-0.39, 0.29) is 5.91 Å². The fourth-order valence-electron chi connectivity index (χ4n) is 4.06. The molecular weight excluding hydrogens is 515 g/mol. The Bertz CT molecular complexity index is 1300. The van der Waals surface area contributed by atoms with E-state index in [1.165, 1.54) is 10.3 Å². The molecule has 0 spiro atoms. The first-order valence-corrected chi connectivity index (χ1v) is 11.4. The number of oxime groups is 1. The lowest BCUT2D eigenvalue weighted by atomic mass is 9.98. The van der Waals surface area contributed by atoms with Crippen LogP contribution < -0.4 is 10.0 Å². The minimum atomic E-state index is -0.258. The Hall–Kier alpha value is -2.58. The minimum Gasteiger partial charge on any atom is -0.267 e. The first-order chi connectivity index (χ1) is 15.3. The molecule has 162 valence electrons. The Morgan fingerprint density at radius 1 is 0.938 bits per heavy atom. The summed E-state index contributed by atoms with van der Waals surface area (Å²) >= 11 is 16.6. The van der Waals surface area contributed by atoms with Crippen molar-refractivity contribution in [3.8, 4) is 0 Å². The number of hydrogen-bond acceptors (Lipinski definition) is 5. The van der Waals surface area contributed by atoms with Gasteiger partial charge in [-0.25, -0.2) is 0 Å². The molecule has 0 N–H and O–H groups in total. The van der Waals surface area contributed by atoms with Crippen LogP contribution in [0.2, 0.25) is 10.0 Å². The Morgan fingerprint density at radius 3 is 2.25 bits per heavy atom. The van der Waals surface area contributed by atoms with Gasteiger partial charge in [0.05, 0.1) is 16.7 Å². The van der Waals surface area contributed by atoms with Gasteiger partial charge in [0, 0.05) is 25.6 Å².